The molecule has 1 aliphatic rings. The molecule has 0 bridgehead atoms. The summed E-state index contributed by atoms with van der Waals surface area (Å²) in [7, 11) is 0. The van der Waals surface area contributed by atoms with E-state index in [0.717, 1.165) is 5.92 Å². The molecule has 0 aromatic heterocycles. The third kappa shape index (κ3) is 1.44. The summed E-state index contributed by atoms with van der Waals surface area (Å²) in [6.07, 6.45) is 7.31. The summed E-state index contributed by atoms with van der Waals surface area (Å²) in [4.78, 5) is 0. The largest absolute Gasteiger partial charge is 0.0882 e. The topological polar surface area (TPSA) is 0 Å². The third-order valence-corrected chi connectivity index (χ3v) is 2.44. The molecule has 0 fully saturated rings. The summed E-state index contributed by atoms with van der Waals surface area (Å²) in [5, 5.41) is 0. The van der Waals surface area contributed by atoms with Crippen LogP contribution in [0.5, 0.6) is 0 Å². The van der Waals surface area contributed by atoms with Gasteiger partial charge in [-0.05, 0) is 18.8 Å². The summed E-state index contributed by atoms with van der Waals surface area (Å²) in [5.41, 5.74) is 0. The van der Waals surface area contributed by atoms with E-state index in [1.165, 1.54) is 17.3 Å². The molecule has 0 aromatic carbocycles. The molecule has 0 amide bonds. The number of hydrogen-bond donors (Lipinski definition) is 0. The molecule has 1 rings (SSSR count). The van der Waals surface area contributed by atoms with Crippen LogP contribution in [0.4, 0.5) is 0 Å². The second-order valence-corrected chi connectivity index (χ2v) is 2.80. The molecule has 0 spiro atoms. The summed E-state index contributed by atoms with van der Waals surface area (Å²) < 4.78 is 1.30. The zero-order chi connectivity index (χ0) is 5.11. The van der Waals surface area contributed by atoms with Gasteiger partial charge in [0.15, 0.2) is 0 Å². The van der Waals surface area contributed by atoms with E-state index in [1.807, 2.05) is 0 Å². The van der Waals surface area contributed by atoms with Gasteiger partial charge in [-0.1, -0.05) is 34.7 Å². The summed E-state index contributed by atoms with van der Waals surface area (Å²) >= 11 is 2.44. The van der Waals surface area contributed by atoms with Crippen LogP contribution < -0.4 is 0 Å². The molecule has 0 heterocycles. The van der Waals surface area contributed by atoms with E-state index in [2.05, 4.69) is 34.7 Å². The van der Waals surface area contributed by atoms with Crippen LogP contribution in [-0.2, 0) is 0 Å². The molecule has 0 saturated carbocycles. The lowest BCUT2D eigenvalue weighted by Crippen LogP contribution is -1.89. The van der Waals surface area contributed by atoms with Crippen molar-refractivity contribution < 1.29 is 0 Å². The van der Waals surface area contributed by atoms with Crippen molar-refractivity contribution in [2.75, 3.05) is 4.43 Å². The van der Waals surface area contributed by atoms with E-state index < -0.39 is 0 Å². The van der Waals surface area contributed by atoms with Crippen molar-refractivity contribution in [2.24, 2.45) is 5.92 Å². The summed E-state index contributed by atoms with van der Waals surface area (Å²) in [5.74, 6) is 0.903. The average Bonchev–Trinajstić information content (AvgIpc) is 2.14. The summed E-state index contributed by atoms with van der Waals surface area (Å²) in [6.45, 7) is 0. The Morgan fingerprint density at radius 1 is 1.71 bits per heavy atom. The standard InChI is InChI=1S/C6H9I/c7-5-6-3-1-2-4-6/h1,3,6H,2,4-5H2. The molecule has 0 nitrogen and oxygen atoms in total. The fourth-order valence-corrected chi connectivity index (χ4v) is 1.56. The van der Waals surface area contributed by atoms with Gasteiger partial charge in [-0.2, -0.15) is 0 Å². The van der Waals surface area contributed by atoms with Crippen molar-refractivity contribution in [1.82, 2.24) is 0 Å². The highest BCUT2D eigenvalue weighted by molar-refractivity contribution is 14.1. The first kappa shape index (κ1) is 5.60. The molecule has 0 radical (unpaired) electrons. The van der Waals surface area contributed by atoms with Crippen molar-refractivity contribution in [3.63, 3.8) is 0 Å². The molecule has 1 heteroatoms. The van der Waals surface area contributed by atoms with Gasteiger partial charge in [0.25, 0.3) is 0 Å². The number of allylic oxidation sites excluding steroid dienone is 2. The average molecular weight is 208 g/mol. The molecule has 40 valence electrons. The zero-order valence-corrected chi connectivity index (χ0v) is 6.39. The normalized spacial score (nSPS) is 29.0. The monoisotopic (exact) mass is 208 g/mol. The van der Waals surface area contributed by atoms with Gasteiger partial charge in [0, 0.05) is 4.43 Å². The molecular weight excluding hydrogens is 199 g/mol. The number of rotatable bonds is 1. The lowest BCUT2D eigenvalue weighted by Gasteiger charge is -1.96. The highest BCUT2D eigenvalue weighted by Crippen LogP contribution is 2.18. The number of alkyl halides is 1. The Hall–Kier alpha value is 0.470. The SMILES string of the molecule is ICC1C=CCC1. The van der Waals surface area contributed by atoms with Gasteiger partial charge in [-0.3, -0.25) is 0 Å². The number of hydrogen-bond acceptors (Lipinski definition) is 0. The van der Waals surface area contributed by atoms with Gasteiger partial charge in [0.2, 0.25) is 0 Å². The Morgan fingerprint density at radius 3 is 2.86 bits per heavy atom. The first-order valence-corrected chi connectivity index (χ1v) is 4.18. The fraction of sp³-hybridized carbons (Fsp3) is 0.667. The molecule has 0 N–H and O–H groups in total. The van der Waals surface area contributed by atoms with E-state index in [4.69, 9.17) is 0 Å². The maximum atomic E-state index is 2.44. The van der Waals surface area contributed by atoms with Gasteiger partial charge in [0.05, 0.1) is 0 Å². The second kappa shape index (κ2) is 2.70. The predicted molar refractivity (Wildman–Crippen MR) is 40.8 cm³/mol. The van der Waals surface area contributed by atoms with E-state index in [-0.39, 0.29) is 0 Å². The molecule has 1 aliphatic carbocycles. The lowest BCUT2D eigenvalue weighted by molar-refractivity contribution is 0.722. The third-order valence-electron chi connectivity index (χ3n) is 1.31. The first-order chi connectivity index (χ1) is 3.43. The molecular formula is C6H9I. The Balaban J connectivity index is 2.28. The van der Waals surface area contributed by atoms with Crippen LogP contribution >= 0.6 is 22.6 Å². The fourth-order valence-electron chi connectivity index (χ4n) is 0.824. The van der Waals surface area contributed by atoms with Crippen LogP contribution in [-0.4, -0.2) is 4.43 Å². The van der Waals surface area contributed by atoms with Crippen LogP contribution in [0.15, 0.2) is 12.2 Å². The minimum Gasteiger partial charge on any atom is -0.0882 e. The van der Waals surface area contributed by atoms with Crippen molar-refractivity contribution in [2.45, 2.75) is 12.8 Å². The van der Waals surface area contributed by atoms with E-state index in [0.29, 0.717) is 0 Å². The van der Waals surface area contributed by atoms with Crippen LogP contribution in [0.1, 0.15) is 12.8 Å². The number of halogens is 1. The quantitative estimate of drug-likeness (QED) is 0.352. The Kier molecular flexibility index (Phi) is 2.16. The highest BCUT2D eigenvalue weighted by atomic mass is 127. The van der Waals surface area contributed by atoms with Crippen LogP contribution in [0, 0.1) is 5.92 Å². The van der Waals surface area contributed by atoms with E-state index >= 15 is 0 Å². The molecule has 1 unspecified atom stereocenters. The molecule has 0 aliphatic heterocycles. The van der Waals surface area contributed by atoms with Crippen LogP contribution in [0.2, 0.25) is 0 Å². The summed E-state index contributed by atoms with van der Waals surface area (Å²) in [6, 6.07) is 0. The predicted octanol–water partition coefficient (Wildman–Crippen LogP) is 2.39. The molecule has 7 heavy (non-hydrogen) atoms. The van der Waals surface area contributed by atoms with Gasteiger partial charge in [-0.15, -0.1) is 0 Å². The van der Waals surface area contributed by atoms with Gasteiger partial charge in [0.1, 0.15) is 0 Å². The molecule has 0 aromatic rings. The molecule has 0 saturated heterocycles. The second-order valence-electron chi connectivity index (χ2n) is 1.92. The van der Waals surface area contributed by atoms with E-state index in [9.17, 15) is 0 Å². The Labute approximate surface area is 58.1 Å². The Bertz CT molecular complexity index is 76.2. The zero-order valence-electron chi connectivity index (χ0n) is 4.23. The first-order valence-electron chi connectivity index (χ1n) is 2.66. The lowest BCUT2D eigenvalue weighted by atomic mass is 10.2. The van der Waals surface area contributed by atoms with Gasteiger partial charge < -0.3 is 0 Å². The maximum Gasteiger partial charge on any atom is 0.00584 e. The van der Waals surface area contributed by atoms with E-state index in [1.54, 1.807) is 0 Å². The Morgan fingerprint density at radius 2 is 2.57 bits per heavy atom. The van der Waals surface area contributed by atoms with Crippen molar-refractivity contribution >= 4 is 22.6 Å². The van der Waals surface area contributed by atoms with Crippen molar-refractivity contribution in [1.29, 1.82) is 0 Å². The maximum absolute atomic E-state index is 2.44. The smallest absolute Gasteiger partial charge is 0.00584 e. The minimum absolute atomic E-state index is 0.903. The van der Waals surface area contributed by atoms with Gasteiger partial charge >= 0.3 is 0 Å². The van der Waals surface area contributed by atoms with Crippen LogP contribution in [0.25, 0.3) is 0 Å². The van der Waals surface area contributed by atoms with Gasteiger partial charge in [-0.25, -0.2) is 0 Å². The van der Waals surface area contributed by atoms with Crippen LogP contribution in [0.3, 0.4) is 0 Å². The van der Waals surface area contributed by atoms with Crippen molar-refractivity contribution in [3.8, 4) is 0 Å². The minimum atomic E-state index is 0.903. The van der Waals surface area contributed by atoms with Crippen molar-refractivity contribution in [3.05, 3.63) is 12.2 Å². The molecule has 1 atom stereocenters. The highest BCUT2D eigenvalue weighted by Gasteiger charge is 2.04.